The topological polar surface area (TPSA) is 70.5 Å². The minimum Gasteiger partial charge on any atom is -0.503 e. The molecule has 0 spiro atoms. The van der Waals surface area contributed by atoms with Crippen LogP contribution in [0.3, 0.4) is 0 Å². The number of carbonyl (C=O) groups excluding carboxylic acids is 2. The van der Waals surface area contributed by atoms with Crippen LogP contribution in [0.1, 0.15) is 31.7 Å². The zero-order valence-electron chi connectivity index (χ0n) is 14.7. The molecule has 0 radical (unpaired) electrons. The number of aliphatic hydroxyl groups is 1. The fourth-order valence-electron chi connectivity index (χ4n) is 3.09. The van der Waals surface area contributed by atoms with E-state index in [9.17, 15) is 14.7 Å². The van der Waals surface area contributed by atoms with Crippen molar-refractivity contribution in [2.75, 3.05) is 4.90 Å². The smallest absolute Gasteiger partial charge is 0.296 e. The number of amides is 1. The summed E-state index contributed by atoms with van der Waals surface area (Å²) in [4.78, 5) is 33.1. The van der Waals surface area contributed by atoms with E-state index in [-0.39, 0.29) is 11.4 Å². The maximum absolute atomic E-state index is 13.1. The molecule has 27 heavy (non-hydrogen) atoms. The number of aromatic nitrogens is 1. The first kappa shape index (κ1) is 17.6. The van der Waals surface area contributed by atoms with E-state index in [0.717, 1.165) is 16.0 Å². The summed E-state index contributed by atoms with van der Waals surface area (Å²) in [5, 5.41) is 12.9. The number of aryl methyl sites for hydroxylation is 2. The van der Waals surface area contributed by atoms with Gasteiger partial charge in [-0.1, -0.05) is 35.9 Å². The number of rotatable bonds is 4. The van der Waals surface area contributed by atoms with Crippen molar-refractivity contribution in [3.05, 3.63) is 80.2 Å². The van der Waals surface area contributed by atoms with E-state index >= 15 is 0 Å². The van der Waals surface area contributed by atoms with Gasteiger partial charge in [0.15, 0.2) is 10.9 Å². The van der Waals surface area contributed by atoms with Gasteiger partial charge in [0.2, 0.25) is 5.78 Å². The maximum Gasteiger partial charge on any atom is 0.296 e. The van der Waals surface area contributed by atoms with Crippen molar-refractivity contribution in [3.8, 4) is 0 Å². The minimum atomic E-state index is -0.710. The molecule has 1 atom stereocenters. The Hall–Kier alpha value is -2.77. The lowest BCUT2D eigenvalue weighted by molar-refractivity contribution is -0.117. The molecule has 1 aliphatic heterocycles. The summed E-state index contributed by atoms with van der Waals surface area (Å²) in [5.74, 6) is -1.45. The summed E-state index contributed by atoms with van der Waals surface area (Å²) >= 11 is 2.64. The number of ketones is 1. The number of aliphatic hydroxyl groups excluding tert-OH is 1. The molecule has 1 aromatic carbocycles. The highest BCUT2D eigenvalue weighted by Gasteiger charge is 2.45. The normalized spacial score (nSPS) is 17.0. The first-order valence-corrected chi connectivity index (χ1v) is 10.0. The fourth-order valence-corrected chi connectivity index (χ4v) is 4.56. The Morgan fingerprint density at radius 1 is 1.19 bits per heavy atom. The molecule has 1 amide bonds. The Labute approximate surface area is 164 Å². The lowest BCUT2D eigenvalue weighted by Gasteiger charge is -2.24. The van der Waals surface area contributed by atoms with E-state index in [4.69, 9.17) is 0 Å². The Morgan fingerprint density at radius 3 is 2.52 bits per heavy atom. The van der Waals surface area contributed by atoms with Crippen LogP contribution >= 0.6 is 22.7 Å². The number of anilines is 1. The number of carbonyl (C=O) groups is 2. The quantitative estimate of drug-likeness (QED) is 0.654. The van der Waals surface area contributed by atoms with Crippen molar-refractivity contribution < 1.29 is 14.7 Å². The van der Waals surface area contributed by atoms with Crippen LogP contribution in [0.5, 0.6) is 0 Å². The first-order valence-electron chi connectivity index (χ1n) is 8.31. The number of thiophene rings is 1. The standard InChI is InChI=1S/C20H16N2O3S2/c1-11-5-7-13(8-6-11)16-15(17(23)14-4-3-9-26-14)18(24)19(25)22(16)20-21-10-12(2)27-20/h3-10,16,24H,1-2H3/t16-/m0/s1. The number of Topliss-reactive ketones (excluding diaryl/α,β-unsaturated/α-hetero) is 1. The van der Waals surface area contributed by atoms with E-state index in [2.05, 4.69) is 4.98 Å². The van der Waals surface area contributed by atoms with Gasteiger partial charge in [-0.15, -0.1) is 22.7 Å². The van der Waals surface area contributed by atoms with E-state index in [1.807, 2.05) is 38.1 Å². The summed E-state index contributed by atoms with van der Waals surface area (Å²) in [6.45, 7) is 3.87. The van der Waals surface area contributed by atoms with Crippen LogP contribution in [0, 0.1) is 13.8 Å². The van der Waals surface area contributed by atoms with E-state index in [0.29, 0.717) is 10.0 Å². The van der Waals surface area contributed by atoms with Gasteiger partial charge in [0.1, 0.15) is 0 Å². The molecule has 1 aliphatic rings. The third kappa shape index (κ3) is 2.98. The minimum absolute atomic E-state index is 0.0964. The van der Waals surface area contributed by atoms with Crippen molar-refractivity contribution in [1.82, 2.24) is 4.98 Å². The zero-order valence-corrected chi connectivity index (χ0v) is 16.3. The van der Waals surface area contributed by atoms with Gasteiger partial charge >= 0.3 is 0 Å². The van der Waals surface area contributed by atoms with Gasteiger partial charge in [-0.2, -0.15) is 0 Å². The van der Waals surface area contributed by atoms with Gasteiger partial charge < -0.3 is 5.11 Å². The lowest BCUT2D eigenvalue weighted by atomic mass is 9.95. The molecule has 136 valence electrons. The molecule has 5 nitrogen and oxygen atoms in total. The number of nitrogens with zero attached hydrogens (tertiary/aromatic N) is 2. The summed E-state index contributed by atoms with van der Waals surface area (Å²) in [5.41, 5.74) is 1.92. The Kier molecular flexibility index (Phi) is 4.41. The Bertz CT molecular complexity index is 1050. The Balaban J connectivity index is 1.88. The van der Waals surface area contributed by atoms with Gasteiger partial charge in [0.25, 0.3) is 5.91 Å². The molecule has 7 heteroatoms. The van der Waals surface area contributed by atoms with Crippen molar-refractivity contribution in [1.29, 1.82) is 0 Å². The van der Waals surface area contributed by atoms with Crippen molar-refractivity contribution in [2.24, 2.45) is 0 Å². The van der Waals surface area contributed by atoms with Crippen LogP contribution in [0.25, 0.3) is 0 Å². The zero-order chi connectivity index (χ0) is 19.1. The molecule has 0 saturated carbocycles. The summed E-state index contributed by atoms with van der Waals surface area (Å²) in [7, 11) is 0. The van der Waals surface area contributed by atoms with Crippen molar-refractivity contribution in [3.63, 3.8) is 0 Å². The van der Waals surface area contributed by atoms with Gasteiger partial charge in [0.05, 0.1) is 16.5 Å². The average molecular weight is 396 g/mol. The third-order valence-corrected chi connectivity index (χ3v) is 6.19. The van der Waals surface area contributed by atoms with Gasteiger partial charge in [0, 0.05) is 11.1 Å². The number of hydrogen-bond donors (Lipinski definition) is 1. The van der Waals surface area contributed by atoms with Crippen molar-refractivity contribution in [2.45, 2.75) is 19.9 Å². The summed E-state index contributed by atoms with van der Waals surface area (Å²) in [6.07, 6.45) is 1.68. The second-order valence-electron chi connectivity index (χ2n) is 6.31. The molecular formula is C20H16N2O3S2. The number of hydrogen-bond acceptors (Lipinski definition) is 6. The molecule has 4 rings (SSSR count). The van der Waals surface area contributed by atoms with Gasteiger partial charge in [-0.25, -0.2) is 4.98 Å². The molecule has 0 saturated heterocycles. The second-order valence-corrected chi connectivity index (χ2v) is 8.47. The average Bonchev–Trinajstić information content (AvgIpc) is 3.37. The highest BCUT2D eigenvalue weighted by molar-refractivity contribution is 7.15. The fraction of sp³-hybridized carbons (Fsp3) is 0.150. The molecule has 3 aromatic rings. The van der Waals surface area contributed by atoms with Crippen LogP contribution in [-0.2, 0) is 4.79 Å². The highest BCUT2D eigenvalue weighted by Crippen LogP contribution is 2.43. The van der Waals surface area contributed by atoms with Gasteiger partial charge in [-0.3, -0.25) is 14.5 Å². The van der Waals surface area contributed by atoms with E-state index < -0.39 is 17.7 Å². The van der Waals surface area contributed by atoms with Crippen LogP contribution in [0.2, 0.25) is 0 Å². The highest BCUT2D eigenvalue weighted by atomic mass is 32.1. The van der Waals surface area contributed by atoms with Crippen LogP contribution in [0.15, 0.2) is 59.3 Å². The predicted molar refractivity (Wildman–Crippen MR) is 107 cm³/mol. The van der Waals surface area contributed by atoms with Crippen LogP contribution in [0.4, 0.5) is 5.13 Å². The van der Waals surface area contributed by atoms with E-state index in [1.165, 1.54) is 27.6 Å². The SMILES string of the molecule is Cc1ccc([C@H]2C(C(=O)c3cccs3)=C(O)C(=O)N2c2ncc(C)s2)cc1. The first-order chi connectivity index (χ1) is 13.0. The molecule has 1 N–H and O–H groups in total. The van der Waals surface area contributed by atoms with Crippen molar-refractivity contribution >= 4 is 39.5 Å². The third-order valence-electron chi connectivity index (χ3n) is 4.41. The number of benzene rings is 1. The van der Waals surface area contributed by atoms with E-state index in [1.54, 1.807) is 23.7 Å². The Morgan fingerprint density at radius 2 is 1.93 bits per heavy atom. The molecule has 2 aromatic heterocycles. The molecular weight excluding hydrogens is 380 g/mol. The lowest BCUT2D eigenvalue weighted by Crippen LogP contribution is -2.30. The summed E-state index contributed by atoms with van der Waals surface area (Å²) in [6, 6.07) is 10.4. The van der Waals surface area contributed by atoms with Crippen LogP contribution in [-0.4, -0.2) is 21.8 Å². The molecule has 3 heterocycles. The molecule has 0 fully saturated rings. The molecule has 0 unspecified atom stereocenters. The maximum atomic E-state index is 13.1. The number of thiazole rings is 1. The molecule has 0 aliphatic carbocycles. The second kappa shape index (κ2) is 6.75. The largest absolute Gasteiger partial charge is 0.503 e. The van der Waals surface area contributed by atoms with Crippen LogP contribution < -0.4 is 4.90 Å². The molecule has 0 bridgehead atoms. The predicted octanol–water partition coefficient (Wildman–Crippen LogP) is 4.60. The van der Waals surface area contributed by atoms with Gasteiger partial charge in [-0.05, 0) is 30.9 Å². The summed E-state index contributed by atoms with van der Waals surface area (Å²) < 4.78 is 0. The monoisotopic (exact) mass is 396 g/mol.